The second-order valence-electron chi connectivity index (χ2n) is 6.69. The average Bonchev–Trinajstić information content (AvgIpc) is 2.63. The van der Waals surface area contributed by atoms with Gasteiger partial charge < -0.3 is 15.3 Å². The highest BCUT2D eigenvalue weighted by atomic mass is 32.2. The summed E-state index contributed by atoms with van der Waals surface area (Å²) in [7, 11) is 0. The Labute approximate surface area is 148 Å². The van der Waals surface area contributed by atoms with Crippen molar-refractivity contribution in [3.8, 4) is 0 Å². The van der Waals surface area contributed by atoms with Crippen LogP contribution in [0.5, 0.6) is 0 Å². The molecule has 1 saturated carbocycles. The molecule has 2 N–H and O–H groups in total. The molecule has 6 heteroatoms. The van der Waals surface area contributed by atoms with Gasteiger partial charge in [-0.15, -0.1) is 0 Å². The minimum atomic E-state index is -0.691. The molecular weight excluding hydrogens is 322 g/mol. The number of hydrogen-bond donors (Lipinski definition) is 2. The van der Waals surface area contributed by atoms with Crippen molar-refractivity contribution in [1.82, 2.24) is 9.88 Å². The molecule has 1 aliphatic heterocycles. The molecule has 1 saturated heterocycles. The molecule has 5 nitrogen and oxygen atoms in total. The van der Waals surface area contributed by atoms with Crippen molar-refractivity contribution in [3.63, 3.8) is 0 Å². The number of nitrogens with zero attached hydrogens (tertiary/aromatic N) is 2. The first-order valence-corrected chi connectivity index (χ1v) is 10.0. The number of pyridine rings is 1. The van der Waals surface area contributed by atoms with E-state index < -0.39 is 5.60 Å². The van der Waals surface area contributed by atoms with Gasteiger partial charge in [0.2, 0.25) is 0 Å². The maximum Gasteiger partial charge on any atom is 0.257 e. The second kappa shape index (κ2) is 7.74. The van der Waals surface area contributed by atoms with Crippen molar-refractivity contribution in [2.24, 2.45) is 0 Å². The first-order valence-electron chi connectivity index (χ1n) is 8.96. The summed E-state index contributed by atoms with van der Waals surface area (Å²) in [6.45, 7) is 4.21. The van der Waals surface area contributed by atoms with Crippen LogP contribution in [0.15, 0.2) is 18.3 Å². The predicted molar refractivity (Wildman–Crippen MR) is 98.6 cm³/mol. The lowest BCUT2D eigenvalue weighted by atomic mass is 9.79. The Morgan fingerprint density at radius 2 is 2.25 bits per heavy atom. The standard InChI is InChI=1S/C18H27N3O2S/c1-2-24-15-8-9-18(15,23)13-20-16-14(7-6-10-19-16)17(22)21-11-4-3-5-12-21/h6-7,10,15,23H,2-5,8-9,11-13H2,1H3,(H,19,20). The van der Waals surface area contributed by atoms with Crippen LogP contribution >= 0.6 is 11.8 Å². The third kappa shape index (κ3) is 3.70. The van der Waals surface area contributed by atoms with Crippen molar-refractivity contribution < 1.29 is 9.90 Å². The van der Waals surface area contributed by atoms with Crippen LogP contribution in [-0.2, 0) is 0 Å². The lowest BCUT2D eigenvalue weighted by molar-refractivity contribution is -0.0121. The summed E-state index contributed by atoms with van der Waals surface area (Å²) in [6, 6.07) is 3.63. The molecule has 1 aromatic rings. The molecule has 2 unspecified atom stereocenters. The van der Waals surface area contributed by atoms with E-state index in [2.05, 4.69) is 17.2 Å². The molecule has 2 fully saturated rings. The summed E-state index contributed by atoms with van der Waals surface area (Å²) in [5, 5.41) is 14.3. The van der Waals surface area contributed by atoms with Crippen molar-refractivity contribution in [3.05, 3.63) is 23.9 Å². The van der Waals surface area contributed by atoms with Gasteiger partial charge in [0.15, 0.2) is 0 Å². The third-order valence-corrected chi connectivity index (χ3v) is 6.46. The summed E-state index contributed by atoms with van der Waals surface area (Å²) < 4.78 is 0. The van der Waals surface area contributed by atoms with Crippen molar-refractivity contribution in [2.75, 3.05) is 30.7 Å². The van der Waals surface area contributed by atoms with Gasteiger partial charge in [0.25, 0.3) is 5.91 Å². The van der Waals surface area contributed by atoms with Gasteiger partial charge >= 0.3 is 0 Å². The number of hydrogen-bond acceptors (Lipinski definition) is 5. The highest BCUT2D eigenvalue weighted by Gasteiger charge is 2.45. The fraction of sp³-hybridized carbons (Fsp3) is 0.667. The quantitative estimate of drug-likeness (QED) is 0.827. The summed E-state index contributed by atoms with van der Waals surface area (Å²) in [5.41, 5.74) is -0.0779. The Morgan fingerprint density at radius 1 is 1.46 bits per heavy atom. The van der Waals surface area contributed by atoms with E-state index in [4.69, 9.17) is 0 Å². The lowest BCUT2D eigenvalue weighted by Gasteiger charge is -2.45. The number of anilines is 1. The van der Waals surface area contributed by atoms with E-state index in [1.165, 1.54) is 6.42 Å². The smallest absolute Gasteiger partial charge is 0.257 e. The van der Waals surface area contributed by atoms with Crippen LogP contribution in [-0.4, -0.2) is 57.1 Å². The Balaban J connectivity index is 1.67. The zero-order chi connectivity index (χ0) is 17.0. The number of nitrogens with one attached hydrogen (secondary N) is 1. The molecule has 2 heterocycles. The first kappa shape index (κ1) is 17.5. The third-order valence-electron chi connectivity index (χ3n) is 5.05. The number of carbonyl (C=O) groups excluding carboxylic acids is 1. The minimum absolute atomic E-state index is 0.0467. The molecule has 0 radical (unpaired) electrons. The number of likely N-dealkylation sites (tertiary alicyclic amines) is 1. The number of thioether (sulfide) groups is 1. The van der Waals surface area contributed by atoms with Crippen LogP contribution in [0.1, 0.15) is 49.4 Å². The molecular formula is C18H27N3O2S. The van der Waals surface area contributed by atoms with E-state index in [9.17, 15) is 9.90 Å². The number of rotatable bonds is 6. The van der Waals surface area contributed by atoms with Gasteiger partial charge in [0.1, 0.15) is 5.82 Å². The van der Waals surface area contributed by atoms with Gasteiger partial charge in [-0.3, -0.25) is 4.79 Å². The maximum absolute atomic E-state index is 12.8. The van der Waals surface area contributed by atoms with Crippen LogP contribution in [0, 0.1) is 0 Å². The largest absolute Gasteiger partial charge is 0.387 e. The van der Waals surface area contributed by atoms with Crippen molar-refractivity contribution in [2.45, 2.75) is 49.9 Å². The number of piperidine rings is 1. The summed E-state index contributed by atoms with van der Waals surface area (Å²) in [6.07, 6.45) is 6.90. The normalized spacial score (nSPS) is 26.8. The highest BCUT2D eigenvalue weighted by Crippen LogP contribution is 2.41. The Kier molecular flexibility index (Phi) is 5.66. The Morgan fingerprint density at radius 3 is 2.92 bits per heavy atom. The molecule has 0 aromatic carbocycles. The van der Waals surface area contributed by atoms with Gasteiger partial charge in [-0.25, -0.2) is 4.98 Å². The molecule has 1 aromatic heterocycles. The molecule has 2 atom stereocenters. The summed E-state index contributed by atoms with van der Waals surface area (Å²) >= 11 is 1.81. The van der Waals surface area contributed by atoms with Gasteiger partial charge in [0, 0.05) is 31.1 Å². The van der Waals surface area contributed by atoms with Crippen LogP contribution in [0.2, 0.25) is 0 Å². The van der Waals surface area contributed by atoms with E-state index in [0.29, 0.717) is 17.9 Å². The molecule has 24 heavy (non-hydrogen) atoms. The Hall–Kier alpha value is -1.27. The van der Waals surface area contributed by atoms with E-state index in [1.54, 1.807) is 12.3 Å². The van der Waals surface area contributed by atoms with E-state index in [1.807, 2.05) is 22.7 Å². The topological polar surface area (TPSA) is 65.5 Å². The van der Waals surface area contributed by atoms with Crippen LogP contribution < -0.4 is 5.32 Å². The van der Waals surface area contributed by atoms with E-state index >= 15 is 0 Å². The van der Waals surface area contributed by atoms with Crippen molar-refractivity contribution >= 4 is 23.5 Å². The predicted octanol–water partition coefficient (Wildman–Crippen LogP) is 2.77. The van der Waals surface area contributed by atoms with Crippen LogP contribution in [0.25, 0.3) is 0 Å². The number of aliphatic hydroxyl groups is 1. The zero-order valence-electron chi connectivity index (χ0n) is 14.3. The molecule has 3 rings (SSSR count). The second-order valence-corrected chi connectivity index (χ2v) is 8.17. The number of amides is 1. The maximum atomic E-state index is 12.8. The monoisotopic (exact) mass is 349 g/mol. The van der Waals surface area contributed by atoms with Crippen LogP contribution in [0.3, 0.4) is 0 Å². The van der Waals surface area contributed by atoms with E-state index in [-0.39, 0.29) is 11.2 Å². The molecule has 0 bridgehead atoms. The average molecular weight is 350 g/mol. The Bertz CT molecular complexity index is 577. The minimum Gasteiger partial charge on any atom is -0.387 e. The van der Waals surface area contributed by atoms with Gasteiger partial charge in [-0.05, 0) is 50.0 Å². The van der Waals surface area contributed by atoms with Gasteiger partial charge in [0.05, 0.1) is 11.2 Å². The molecule has 2 aliphatic rings. The van der Waals surface area contributed by atoms with Crippen molar-refractivity contribution in [1.29, 1.82) is 0 Å². The lowest BCUT2D eigenvalue weighted by Crippen LogP contribution is -2.54. The zero-order valence-corrected chi connectivity index (χ0v) is 15.1. The number of carbonyl (C=O) groups is 1. The van der Waals surface area contributed by atoms with Gasteiger partial charge in [-0.1, -0.05) is 6.92 Å². The van der Waals surface area contributed by atoms with Crippen LogP contribution in [0.4, 0.5) is 5.82 Å². The summed E-state index contributed by atoms with van der Waals surface area (Å²) in [5.74, 6) is 1.65. The van der Waals surface area contributed by atoms with E-state index in [0.717, 1.165) is 44.5 Å². The molecule has 1 amide bonds. The molecule has 1 aliphatic carbocycles. The molecule has 0 spiro atoms. The summed E-state index contributed by atoms with van der Waals surface area (Å²) in [4.78, 5) is 19.0. The highest BCUT2D eigenvalue weighted by molar-refractivity contribution is 8.00. The fourth-order valence-electron chi connectivity index (χ4n) is 3.46. The SMILES string of the molecule is CCSC1CCC1(O)CNc1ncccc1C(=O)N1CCCCC1. The first-order chi connectivity index (χ1) is 11.6. The van der Waals surface area contributed by atoms with Gasteiger partial charge in [-0.2, -0.15) is 11.8 Å². The number of aromatic nitrogens is 1. The molecule has 132 valence electrons. The fourth-order valence-corrected chi connectivity index (χ4v) is 4.66.